The molecule has 0 unspecified atom stereocenters. The van der Waals surface area contributed by atoms with Crippen LogP contribution in [0.25, 0.3) is 27.9 Å². The summed E-state index contributed by atoms with van der Waals surface area (Å²) in [4.78, 5) is 23.2. The SMILES string of the molecule is O=C(O)c1c[nH]c2ncc(-n3nc(C4CCNCC4)c4ccccc43)nc12. The molecular formula is C19H18N6O2. The number of H-pyrrole nitrogens is 1. The van der Waals surface area contributed by atoms with Gasteiger partial charge in [-0.3, -0.25) is 0 Å². The van der Waals surface area contributed by atoms with Gasteiger partial charge in [-0.05, 0) is 32.0 Å². The van der Waals surface area contributed by atoms with Gasteiger partial charge in [0.05, 0.1) is 17.4 Å². The number of aromatic nitrogens is 5. The molecule has 8 nitrogen and oxygen atoms in total. The zero-order chi connectivity index (χ0) is 18.4. The highest BCUT2D eigenvalue weighted by molar-refractivity contribution is 6.00. The van der Waals surface area contributed by atoms with Crippen molar-refractivity contribution in [1.29, 1.82) is 0 Å². The average Bonchev–Trinajstić information content (AvgIpc) is 3.30. The van der Waals surface area contributed by atoms with Crippen molar-refractivity contribution in [3.05, 3.63) is 47.9 Å². The van der Waals surface area contributed by atoms with Gasteiger partial charge in [0.1, 0.15) is 11.1 Å². The molecule has 0 amide bonds. The van der Waals surface area contributed by atoms with Gasteiger partial charge in [-0.25, -0.2) is 19.4 Å². The summed E-state index contributed by atoms with van der Waals surface area (Å²) in [6.45, 7) is 1.98. The summed E-state index contributed by atoms with van der Waals surface area (Å²) in [5.41, 5.74) is 2.91. The number of hydrogen-bond donors (Lipinski definition) is 3. The standard InChI is InChI=1S/C19H18N6O2/c26-19(27)13-9-21-18-17(13)23-15(10-22-18)25-14-4-2-1-3-12(14)16(24-25)11-5-7-20-8-6-11/h1-4,9-11,20H,5-8H2,(H,21,22)(H,26,27). The van der Waals surface area contributed by atoms with Crippen molar-refractivity contribution in [2.45, 2.75) is 18.8 Å². The maximum Gasteiger partial charge on any atom is 0.339 e. The molecule has 0 atom stereocenters. The molecule has 0 saturated carbocycles. The van der Waals surface area contributed by atoms with Crippen LogP contribution in [-0.2, 0) is 0 Å². The lowest BCUT2D eigenvalue weighted by molar-refractivity contribution is 0.0699. The van der Waals surface area contributed by atoms with Crippen molar-refractivity contribution >= 4 is 28.0 Å². The smallest absolute Gasteiger partial charge is 0.339 e. The molecule has 27 heavy (non-hydrogen) atoms. The third kappa shape index (κ3) is 2.57. The zero-order valence-electron chi connectivity index (χ0n) is 14.5. The molecule has 3 N–H and O–H groups in total. The molecule has 1 aliphatic rings. The second kappa shape index (κ2) is 6.17. The van der Waals surface area contributed by atoms with Crippen LogP contribution < -0.4 is 5.32 Å². The number of nitrogens with one attached hydrogen (secondary N) is 2. The van der Waals surface area contributed by atoms with Gasteiger partial charge in [-0.15, -0.1) is 0 Å². The Bertz CT molecular complexity index is 1160. The third-order valence-corrected chi connectivity index (χ3v) is 5.16. The van der Waals surface area contributed by atoms with E-state index in [2.05, 4.69) is 26.3 Å². The summed E-state index contributed by atoms with van der Waals surface area (Å²) >= 11 is 0. The van der Waals surface area contributed by atoms with E-state index in [-0.39, 0.29) is 5.56 Å². The first-order chi connectivity index (χ1) is 13.2. The number of carboxylic acid groups (broad SMARTS) is 1. The van der Waals surface area contributed by atoms with Crippen LogP contribution in [-0.4, -0.2) is 48.9 Å². The number of nitrogens with zero attached hydrogens (tertiary/aromatic N) is 4. The number of para-hydroxylation sites is 1. The van der Waals surface area contributed by atoms with Gasteiger partial charge in [-0.2, -0.15) is 5.10 Å². The van der Waals surface area contributed by atoms with Crippen LogP contribution in [0, 0.1) is 0 Å². The maximum atomic E-state index is 11.4. The van der Waals surface area contributed by atoms with Crippen LogP contribution in [0.5, 0.6) is 0 Å². The minimum atomic E-state index is -1.03. The molecular weight excluding hydrogens is 344 g/mol. The lowest BCUT2D eigenvalue weighted by atomic mass is 9.93. The number of carbonyl (C=O) groups is 1. The van der Waals surface area contributed by atoms with Crippen molar-refractivity contribution in [2.24, 2.45) is 0 Å². The van der Waals surface area contributed by atoms with Crippen molar-refractivity contribution in [3.8, 4) is 5.82 Å². The lowest BCUT2D eigenvalue weighted by Crippen LogP contribution is -2.27. The molecule has 0 bridgehead atoms. The second-order valence-electron chi connectivity index (χ2n) is 6.77. The van der Waals surface area contributed by atoms with E-state index in [4.69, 9.17) is 5.10 Å². The molecule has 0 radical (unpaired) electrons. The summed E-state index contributed by atoms with van der Waals surface area (Å²) < 4.78 is 1.78. The highest BCUT2D eigenvalue weighted by Crippen LogP contribution is 2.32. The number of fused-ring (bicyclic) bond motifs is 2. The Labute approximate surface area is 154 Å². The maximum absolute atomic E-state index is 11.4. The fourth-order valence-electron chi connectivity index (χ4n) is 3.81. The Morgan fingerprint density at radius 2 is 2.04 bits per heavy atom. The average molecular weight is 362 g/mol. The highest BCUT2D eigenvalue weighted by atomic mass is 16.4. The Hall–Kier alpha value is -3.26. The van der Waals surface area contributed by atoms with Crippen LogP contribution in [0.1, 0.15) is 34.8 Å². The van der Waals surface area contributed by atoms with Gasteiger partial charge in [0.2, 0.25) is 0 Å². The quantitative estimate of drug-likeness (QED) is 0.517. The molecule has 3 aromatic heterocycles. The van der Waals surface area contributed by atoms with Gasteiger partial charge in [0.15, 0.2) is 11.5 Å². The van der Waals surface area contributed by atoms with Crippen LogP contribution in [0.15, 0.2) is 36.7 Å². The first-order valence-corrected chi connectivity index (χ1v) is 8.98. The molecule has 8 heteroatoms. The largest absolute Gasteiger partial charge is 0.478 e. The summed E-state index contributed by atoms with van der Waals surface area (Å²) in [5, 5.41) is 18.7. The molecule has 0 aliphatic carbocycles. The number of aromatic carboxylic acids is 1. The zero-order valence-corrected chi connectivity index (χ0v) is 14.5. The van der Waals surface area contributed by atoms with Gasteiger partial charge >= 0.3 is 5.97 Å². The van der Waals surface area contributed by atoms with Crippen molar-refractivity contribution in [1.82, 2.24) is 30.0 Å². The molecule has 1 fully saturated rings. The number of rotatable bonds is 3. The Morgan fingerprint density at radius 3 is 2.85 bits per heavy atom. The van der Waals surface area contributed by atoms with Crippen LogP contribution in [0.3, 0.4) is 0 Å². The summed E-state index contributed by atoms with van der Waals surface area (Å²) in [6, 6.07) is 8.08. The Morgan fingerprint density at radius 1 is 1.22 bits per heavy atom. The van der Waals surface area contributed by atoms with E-state index in [1.165, 1.54) is 6.20 Å². The highest BCUT2D eigenvalue weighted by Gasteiger charge is 2.23. The summed E-state index contributed by atoms with van der Waals surface area (Å²) in [7, 11) is 0. The second-order valence-corrected chi connectivity index (χ2v) is 6.77. The van der Waals surface area contributed by atoms with Gasteiger partial charge in [0.25, 0.3) is 0 Å². The van der Waals surface area contributed by atoms with Crippen LogP contribution in [0.2, 0.25) is 0 Å². The number of benzene rings is 1. The third-order valence-electron chi connectivity index (χ3n) is 5.16. The minimum Gasteiger partial charge on any atom is -0.478 e. The molecule has 4 aromatic rings. The predicted molar refractivity (Wildman–Crippen MR) is 100 cm³/mol. The van der Waals surface area contributed by atoms with Crippen LogP contribution >= 0.6 is 0 Å². The Balaban J connectivity index is 1.70. The van der Waals surface area contributed by atoms with E-state index in [0.717, 1.165) is 42.5 Å². The van der Waals surface area contributed by atoms with E-state index in [1.807, 2.05) is 18.2 Å². The van der Waals surface area contributed by atoms with E-state index in [0.29, 0.717) is 22.9 Å². The molecule has 1 aliphatic heterocycles. The number of piperidine rings is 1. The van der Waals surface area contributed by atoms with Crippen molar-refractivity contribution in [3.63, 3.8) is 0 Å². The summed E-state index contributed by atoms with van der Waals surface area (Å²) in [5.74, 6) is -0.120. The van der Waals surface area contributed by atoms with Crippen molar-refractivity contribution in [2.75, 3.05) is 13.1 Å². The lowest BCUT2D eigenvalue weighted by Gasteiger charge is -2.21. The first kappa shape index (κ1) is 16.0. The normalized spacial score (nSPS) is 15.6. The fraction of sp³-hybridized carbons (Fsp3) is 0.263. The van der Waals surface area contributed by atoms with Gasteiger partial charge < -0.3 is 15.4 Å². The van der Waals surface area contributed by atoms with Crippen molar-refractivity contribution < 1.29 is 9.90 Å². The van der Waals surface area contributed by atoms with Gasteiger partial charge in [-0.1, -0.05) is 18.2 Å². The number of carboxylic acids is 1. The van der Waals surface area contributed by atoms with E-state index >= 15 is 0 Å². The van der Waals surface area contributed by atoms with E-state index in [1.54, 1.807) is 10.9 Å². The van der Waals surface area contributed by atoms with Crippen LogP contribution in [0.4, 0.5) is 0 Å². The molecule has 5 rings (SSSR count). The molecule has 1 aromatic carbocycles. The number of aromatic amines is 1. The molecule has 1 saturated heterocycles. The predicted octanol–water partition coefficient (Wildman–Crippen LogP) is 2.46. The minimum absolute atomic E-state index is 0.106. The molecule has 136 valence electrons. The topological polar surface area (TPSA) is 109 Å². The fourth-order valence-corrected chi connectivity index (χ4v) is 3.81. The molecule has 4 heterocycles. The first-order valence-electron chi connectivity index (χ1n) is 8.98. The summed E-state index contributed by atoms with van der Waals surface area (Å²) in [6.07, 6.45) is 5.13. The van der Waals surface area contributed by atoms with Gasteiger partial charge in [0, 0.05) is 17.5 Å². The number of hydrogen-bond acceptors (Lipinski definition) is 5. The van der Waals surface area contributed by atoms with E-state index < -0.39 is 5.97 Å². The van der Waals surface area contributed by atoms with E-state index in [9.17, 15) is 9.90 Å². The Kier molecular flexibility index (Phi) is 3.64. The monoisotopic (exact) mass is 362 g/mol. The molecule has 0 spiro atoms.